The van der Waals surface area contributed by atoms with Gasteiger partial charge >= 0.3 is 0 Å². The lowest BCUT2D eigenvalue weighted by Crippen LogP contribution is -2.31. The van der Waals surface area contributed by atoms with E-state index >= 15 is 0 Å². The van der Waals surface area contributed by atoms with Crippen LogP contribution in [0.25, 0.3) is 54.8 Å². The highest BCUT2D eigenvalue weighted by Gasteiger charge is 2.40. The van der Waals surface area contributed by atoms with Gasteiger partial charge in [0.25, 0.3) is 0 Å². The molecular weight excluding hydrogens is 651 g/mol. The minimum absolute atomic E-state index is 0.351. The second kappa shape index (κ2) is 11.0. The first kappa shape index (κ1) is 29.8. The third kappa shape index (κ3) is 4.26. The van der Waals surface area contributed by atoms with Gasteiger partial charge < -0.3 is 9.30 Å². The predicted molar refractivity (Wildman–Crippen MR) is 216 cm³/mol. The van der Waals surface area contributed by atoms with Crippen molar-refractivity contribution in [1.82, 2.24) is 18.9 Å². The molecule has 0 amide bonds. The summed E-state index contributed by atoms with van der Waals surface area (Å²) < 4.78 is 11.3. The van der Waals surface area contributed by atoms with E-state index in [1.165, 1.54) is 38.3 Å². The summed E-state index contributed by atoms with van der Waals surface area (Å²) >= 11 is 0. The number of hydrogen-bond donors (Lipinski definition) is 0. The lowest BCUT2D eigenvalue weighted by molar-refractivity contribution is 0.482. The molecule has 0 aliphatic carbocycles. The Morgan fingerprint density at radius 1 is 0.547 bits per heavy atom. The van der Waals surface area contributed by atoms with Gasteiger partial charge in [-0.25, -0.2) is 9.97 Å². The predicted octanol–water partition coefficient (Wildman–Crippen LogP) is 12.0. The Labute approximate surface area is 305 Å². The van der Waals surface area contributed by atoms with Crippen LogP contribution in [0.2, 0.25) is 0 Å². The maximum absolute atomic E-state index is 6.72. The molecule has 1 aliphatic rings. The molecule has 0 unspecified atom stereocenters. The topological polar surface area (TPSA) is 47.6 Å². The minimum Gasteiger partial charge on any atom is -0.457 e. The second-order valence-electron chi connectivity index (χ2n) is 14.3. The average Bonchev–Trinajstić information content (AvgIpc) is 3.83. The maximum atomic E-state index is 6.72. The van der Waals surface area contributed by atoms with E-state index in [1.54, 1.807) is 0 Å². The molecule has 10 aromatic rings. The smallest absolute Gasteiger partial charge is 0.145 e. The summed E-state index contributed by atoms with van der Waals surface area (Å²) in [5.74, 6) is 2.37. The van der Waals surface area contributed by atoms with Crippen LogP contribution in [0, 0.1) is 0 Å². The highest BCUT2D eigenvalue weighted by molar-refractivity contribution is 6.14. The van der Waals surface area contributed by atoms with Gasteiger partial charge in [-0.15, -0.1) is 0 Å². The van der Waals surface area contributed by atoms with Crippen LogP contribution in [0.5, 0.6) is 11.5 Å². The molecular formula is C47H33N5O. The van der Waals surface area contributed by atoms with Crippen molar-refractivity contribution >= 4 is 66.3 Å². The molecule has 0 radical (unpaired) electrons. The van der Waals surface area contributed by atoms with Crippen molar-refractivity contribution in [1.29, 1.82) is 0 Å². The van der Waals surface area contributed by atoms with Crippen molar-refractivity contribution < 1.29 is 4.74 Å². The number of aromatic nitrogens is 4. The molecule has 0 N–H and O–H groups in total. The highest BCUT2D eigenvalue weighted by atomic mass is 16.5. The Bertz CT molecular complexity index is 3070. The number of pyridine rings is 2. The standard InChI is InChI=1S/C47H33N5O/c1-47(2)37-22-20-32(53-31-19-21-33-34-14-6-8-16-38(34)50-27-26-49-46(50)36(33)28-31)29-42(37)52(43-18-10-11-25-48-43)41-24-23-40-44(45(41)47)35-15-7-9-17-39(35)51(40)30-12-4-3-5-13-30/h3-29H,1-2H3. The zero-order valence-corrected chi connectivity index (χ0v) is 29.2. The Morgan fingerprint density at radius 2 is 1.30 bits per heavy atom. The van der Waals surface area contributed by atoms with E-state index in [0.29, 0.717) is 0 Å². The molecule has 53 heavy (non-hydrogen) atoms. The maximum Gasteiger partial charge on any atom is 0.145 e. The number of nitrogens with zero attached hydrogens (tertiary/aromatic N) is 5. The van der Waals surface area contributed by atoms with Gasteiger partial charge in [-0.05, 0) is 89.3 Å². The van der Waals surface area contributed by atoms with Crippen LogP contribution in [-0.4, -0.2) is 18.9 Å². The highest BCUT2D eigenvalue weighted by Crippen LogP contribution is 2.56. The van der Waals surface area contributed by atoms with Gasteiger partial charge in [-0.3, -0.25) is 9.30 Å². The van der Waals surface area contributed by atoms with Crippen molar-refractivity contribution in [2.24, 2.45) is 0 Å². The number of rotatable bonds is 4. The molecule has 1 aliphatic heterocycles. The molecule has 6 heteroatoms. The molecule has 4 aromatic heterocycles. The summed E-state index contributed by atoms with van der Waals surface area (Å²) in [7, 11) is 0. The molecule has 6 aromatic carbocycles. The van der Waals surface area contributed by atoms with E-state index in [4.69, 9.17) is 14.7 Å². The fraction of sp³-hybridized carbons (Fsp3) is 0.0638. The third-order valence-electron chi connectivity index (χ3n) is 11.0. The van der Waals surface area contributed by atoms with Crippen LogP contribution < -0.4 is 9.64 Å². The zero-order valence-electron chi connectivity index (χ0n) is 29.2. The van der Waals surface area contributed by atoms with Gasteiger partial charge in [-0.1, -0.05) is 80.6 Å². The molecule has 11 rings (SSSR count). The SMILES string of the molecule is CC1(C)c2ccc(Oc3ccc4c5ccccc5n5ccnc5c4c3)cc2N(c2ccccn2)c2ccc3c(c21)c1ccccc1n3-c1ccccc1. The number of ether oxygens (including phenoxy) is 1. The molecule has 0 atom stereocenters. The summed E-state index contributed by atoms with van der Waals surface area (Å²) in [4.78, 5) is 11.9. The zero-order chi connectivity index (χ0) is 35.3. The summed E-state index contributed by atoms with van der Waals surface area (Å²) in [6, 6.07) is 51.3. The number of benzene rings is 6. The monoisotopic (exact) mass is 683 g/mol. The van der Waals surface area contributed by atoms with Gasteiger partial charge in [0, 0.05) is 57.3 Å². The third-order valence-corrected chi connectivity index (χ3v) is 11.0. The van der Waals surface area contributed by atoms with Crippen LogP contribution in [0.1, 0.15) is 25.0 Å². The van der Waals surface area contributed by atoms with Gasteiger partial charge in [0.2, 0.25) is 0 Å². The Morgan fingerprint density at radius 3 is 2.15 bits per heavy atom. The summed E-state index contributed by atoms with van der Waals surface area (Å²) in [6.07, 6.45) is 5.74. The van der Waals surface area contributed by atoms with E-state index in [2.05, 4.69) is 167 Å². The van der Waals surface area contributed by atoms with Gasteiger partial charge in [0.15, 0.2) is 0 Å². The van der Waals surface area contributed by atoms with E-state index in [-0.39, 0.29) is 5.41 Å². The largest absolute Gasteiger partial charge is 0.457 e. The lowest BCUT2D eigenvalue weighted by Gasteiger charge is -2.42. The lowest BCUT2D eigenvalue weighted by atomic mass is 9.72. The number of anilines is 3. The van der Waals surface area contributed by atoms with Gasteiger partial charge in [0.1, 0.15) is 23.0 Å². The molecule has 0 bridgehead atoms. The summed E-state index contributed by atoms with van der Waals surface area (Å²) in [5.41, 5.74) is 9.85. The first-order valence-corrected chi connectivity index (χ1v) is 18.0. The van der Waals surface area contributed by atoms with Crippen LogP contribution in [0.3, 0.4) is 0 Å². The Balaban J connectivity index is 1.10. The second-order valence-corrected chi connectivity index (χ2v) is 14.3. The Kier molecular flexibility index (Phi) is 6.20. The molecule has 0 fully saturated rings. The quantitative estimate of drug-likeness (QED) is 0.173. The van der Waals surface area contributed by atoms with Crippen molar-refractivity contribution in [2.45, 2.75) is 19.3 Å². The molecule has 252 valence electrons. The molecule has 6 nitrogen and oxygen atoms in total. The van der Waals surface area contributed by atoms with Gasteiger partial charge in [-0.2, -0.15) is 0 Å². The normalized spacial score (nSPS) is 13.6. The van der Waals surface area contributed by atoms with Crippen molar-refractivity contribution in [2.75, 3.05) is 4.90 Å². The van der Waals surface area contributed by atoms with Crippen LogP contribution in [-0.2, 0) is 5.41 Å². The molecule has 0 spiro atoms. The molecule has 0 saturated carbocycles. The summed E-state index contributed by atoms with van der Waals surface area (Å²) in [6.45, 7) is 4.69. The van der Waals surface area contributed by atoms with E-state index < -0.39 is 0 Å². The number of fused-ring (bicyclic) bond motifs is 12. The fourth-order valence-corrected chi connectivity index (χ4v) is 8.76. The average molecular weight is 684 g/mol. The first-order chi connectivity index (χ1) is 26.1. The summed E-state index contributed by atoms with van der Waals surface area (Å²) in [5, 5.41) is 5.87. The van der Waals surface area contributed by atoms with Crippen LogP contribution in [0.4, 0.5) is 17.2 Å². The number of para-hydroxylation sites is 3. The molecule has 5 heterocycles. The molecule has 0 saturated heterocycles. The first-order valence-electron chi connectivity index (χ1n) is 18.0. The van der Waals surface area contributed by atoms with Crippen molar-refractivity contribution in [3.63, 3.8) is 0 Å². The van der Waals surface area contributed by atoms with Gasteiger partial charge in [0.05, 0.1) is 27.9 Å². The minimum atomic E-state index is -0.351. The van der Waals surface area contributed by atoms with Crippen LogP contribution in [0.15, 0.2) is 164 Å². The number of imidazole rings is 1. The van der Waals surface area contributed by atoms with E-state index in [0.717, 1.165) is 56.3 Å². The van der Waals surface area contributed by atoms with E-state index in [1.807, 2.05) is 24.7 Å². The number of hydrogen-bond acceptors (Lipinski definition) is 4. The Hall–Kier alpha value is -6.92. The fourth-order valence-electron chi connectivity index (χ4n) is 8.76. The van der Waals surface area contributed by atoms with E-state index in [9.17, 15) is 0 Å². The van der Waals surface area contributed by atoms with Crippen molar-refractivity contribution in [3.05, 3.63) is 175 Å². The van der Waals surface area contributed by atoms with Crippen molar-refractivity contribution in [3.8, 4) is 17.2 Å². The van der Waals surface area contributed by atoms with Crippen LogP contribution >= 0.6 is 0 Å².